The fraction of sp³-hybridized carbons (Fsp3) is 0.316. The molecule has 0 bridgehead atoms. The fourth-order valence-corrected chi connectivity index (χ4v) is 2.34. The maximum atomic E-state index is 13.6. The van der Waals surface area contributed by atoms with E-state index in [4.69, 9.17) is 0 Å². The monoisotopic (exact) mass is 475 g/mol. The van der Waals surface area contributed by atoms with Crippen molar-refractivity contribution in [2.24, 2.45) is 4.99 Å². The van der Waals surface area contributed by atoms with Gasteiger partial charge in [-0.2, -0.15) is 0 Å². The maximum absolute atomic E-state index is 13.6. The molecule has 0 heterocycles. The first kappa shape index (κ1) is 22.3. The first-order valence-corrected chi connectivity index (χ1v) is 8.26. The average Bonchev–Trinajstić information content (AvgIpc) is 2.61. The number of halogens is 3. The van der Waals surface area contributed by atoms with Crippen LogP contribution < -0.4 is 10.6 Å². The molecule has 0 saturated carbocycles. The van der Waals surface area contributed by atoms with E-state index in [0.29, 0.717) is 25.5 Å². The Morgan fingerprint density at radius 3 is 2.54 bits per heavy atom. The van der Waals surface area contributed by atoms with Crippen molar-refractivity contribution in [2.75, 3.05) is 13.1 Å². The van der Waals surface area contributed by atoms with Crippen molar-refractivity contribution in [3.63, 3.8) is 0 Å². The summed E-state index contributed by atoms with van der Waals surface area (Å²) in [6, 6.07) is 13.0. The van der Waals surface area contributed by atoms with Crippen LogP contribution in [0.2, 0.25) is 0 Å². The quantitative estimate of drug-likeness (QED) is 0.328. The van der Waals surface area contributed by atoms with Crippen molar-refractivity contribution in [1.82, 2.24) is 10.6 Å². The van der Waals surface area contributed by atoms with E-state index in [1.807, 2.05) is 37.3 Å². The average molecular weight is 475 g/mol. The van der Waals surface area contributed by atoms with Crippen LogP contribution in [0.1, 0.15) is 18.1 Å². The molecule has 0 fully saturated rings. The summed E-state index contributed by atoms with van der Waals surface area (Å²) >= 11 is 0. The molecular weight excluding hydrogens is 451 g/mol. The summed E-state index contributed by atoms with van der Waals surface area (Å²) in [6.45, 7) is 2.83. The van der Waals surface area contributed by atoms with Gasteiger partial charge in [0.15, 0.2) is 5.96 Å². The Bertz CT molecular complexity index is 698. The number of nitrogens with zero attached hydrogens (tertiary/aromatic N) is 1. The van der Waals surface area contributed by atoms with Crippen molar-refractivity contribution in [1.29, 1.82) is 0 Å². The van der Waals surface area contributed by atoms with Gasteiger partial charge in [0, 0.05) is 25.1 Å². The Morgan fingerprint density at radius 2 is 1.85 bits per heavy atom. The van der Waals surface area contributed by atoms with E-state index < -0.39 is 17.7 Å². The lowest BCUT2D eigenvalue weighted by atomic mass is 10.1. The summed E-state index contributed by atoms with van der Waals surface area (Å²) in [7, 11) is 0. The van der Waals surface area contributed by atoms with Crippen molar-refractivity contribution in [3.05, 3.63) is 71.3 Å². The van der Waals surface area contributed by atoms with Gasteiger partial charge < -0.3 is 15.7 Å². The molecule has 7 heteroatoms. The summed E-state index contributed by atoms with van der Waals surface area (Å²) in [5.41, 5.74) is 1.22. The molecule has 1 atom stereocenters. The molecule has 0 aliphatic heterocycles. The molecule has 142 valence electrons. The van der Waals surface area contributed by atoms with Gasteiger partial charge in [-0.3, -0.25) is 0 Å². The number of benzene rings is 2. The second kappa shape index (κ2) is 11.8. The summed E-state index contributed by atoms with van der Waals surface area (Å²) in [4.78, 5) is 4.24. The standard InChI is InChI=1S/C19H23F2N3O.HI/c1-2-22-19(23-12-15-11-16(20)8-9-18(15)21)24-13-17(25)10-14-6-4-3-5-7-14;/h3-9,11,17,25H,2,10,12-13H2,1H3,(H2,22,23,24);1H. The van der Waals surface area contributed by atoms with E-state index in [9.17, 15) is 13.9 Å². The molecule has 0 saturated heterocycles. The molecule has 0 amide bonds. The highest BCUT2D eigenvalue weighted by molar-refractivity contribution is 14.0. The predicted octanol–water partition coefficient (Wildman–Crippen LogP) is 3.24. The third-order valence-corrected chi connectivity index (χ3v) is 3.58. The molecule has 0 aromatic heterocycles. The van der Waals surface area contributed by atoms with Crippen LogP contribution >= 0.6 is 24.0 Å². The summed E-state index contributed by atoms with van der Waals surface area (Å²) in [5, 5.41) is 16.2. The van der Waals surface area contributed by atoms with Crippen molar-refractivity contribution in [2.45, 2.75) is 26.0 Å². The van der Waals surface area contributed by atoms with E-state index in [0.717, 1.165) is 23.8 Å². The molecule has 2 aromatic carbocycles. The summed E-state index contributed by atoms with van der Waals surface area (Å²) in [5.74, 6) is -0.550. The van der Waals surface area contributed by atoms with Gasteiger partial charge in [0.2, 0.25) is 0 Å². The molecule has 26 heavy (non-hydrogen) atoms. The van der Waals surface area contributed by atoms with Gasteiger partial charge in [0.1, 0.15) is 11.6 Å². The second-order valence-corrected chi connectivity index (χ2v) is 5.66. The molecule has 2 aromatic rings. The van der Waals surface area contributed by atoms with E-state index in [1.165, 1.54) is 0 Å². The van der Waals surface area contributed by atoms with Crippen LogP contribution in [0.15, 0.2) is 53.5 Å². The number of nitrogens with one attached hydrogen (secondary N) is 2. The Hall–Kier alpha value is -1.74. The fourth-order valence-electron chi connectivity index (χ4n) is 2.34. The molecule has 4 nitrogen and oxygen atoms in total. The van der Waals surface area contributed by atoms with Crippen molar-refractivity contribution >= 4 is 29.9 Å². The van der Waals surface area contributed by atoms with Gasteiger partial charge in [-0.1, -0.05) is 30.3 Å². The maximum Gasteiger partial charge on any atom is 0.191 e. The first-order chi connectivity index (χ1) is 12.1. The summed E-state index contributed by atoms with van der Waals surface area (Å²) < 4.78 is 26.8. The van der Waals surface area contributed by atoms with Gasteiger partial charge in [-0.25, -0.2) is 13.8 Å². The highest BCUT2D eigenvalue weighted by Crippen LogP contribution is 2.10. The lowest BCUT2D eigenvalue weighted by molar-refractivity contribution is 0.177. The van der Waals surface area contributed by atoms with Crippen molar-refractivity contribution < 1.29 is 13.9 Å². The first-order valence-electron chi connectivity index (χ1n) is 8.26. The molecule has 3 N–H and O–H groups in total. The Kier molecular flexibility index (Phi) is 10.1. The van der Waals surface area contributed by atoms with Gasteiger partial charge >= 0.3 is 0 Å². The normalized spacial score (nSPS) is 12.2. The zero-order chi connectivity index (χ0) is 18.1. The number of aliphatic imine (C=N–C) groups is 1. The zero-order valence-corrected chi connectivity index (χ0v) is 16.9. The van der Waals surface area contributed by atoms with Crippen LogP contribution in [-0.4, -0.2) is 30.3 Å². The number of aliphatic hydroxyl groups excluding tert-OH is 1. The lowest BCUT2D eigenvalue weighted by Crippen LogP contribution is -2.41. The minimum Gasteiger partial charge on any atom is -0.391 e. The molecule has 0 aliphatic rings. The highest BCUT2D eigenvalue weighted by Gasteiger charge is 2.08. The number of guanidine groups is 1. The minimum absolute atomic E-state index is 0. The number of aliphatic hydroxyl groups is 1. The van der Waals surface area contributed by atoms with Crippen LogP contribution in [-0.2, 0) is 13.0 Å². The number of rotatable bonds is 7. The minimum atomic E-state index is -0.586. The van der Waals surface area contributed by atoms with Crippen LogP contribution in [0.3, 0.4) is 0 Å². The van der Waals surface area contributed by atoms with Gasteiger partial charge in [0.25, 0.3) is 0 Å². The topological polar surface area (TPSA) is 56.7 Å². The van der Waals surface area contributed by atoms with E-state index >= 15 is 0 Å². The van der Waals surface area contributed by atoms with Gasteiger partial charge in [0.05, 0.1) is 12.6 Å². The Morgan fingerprint density at radius 1 is 1.12 bits per heavy atom. The van der Waals surface area contributed by atoms with Gasteiger partial charge in [-0.05, 0) is 30.7 Å². The Balaban J connectivity index is 0.00000338. The van der Waals surface area contributed by atoms with Crippen LogP contribution in [0.25, 0.3) is 0 Å². The van der Waals surface area contributed by atoms with E-state index in [-0.39, 0.29) is 36.1 Å². The van der Waals surface area contributed by atoms with Crippen LogP contribution in [0.4, 0.5) is 8.78 Å². The number of hydrogen-bond acceptors (Lipinski definition) is 2. The largest absolute Gasteiger partial charge is 0.391 e. The second-order valence-electron chi connectivity index (χ2n) is 5.66. The lowest BCUT2D eigenvalue weighted by Gasteiger charge is -2.15. The zero-order valence-electron chi connectivity index (χ0n) is 14.6. The van der Waals surface area contributed by atoms with Gasteiger partial charge in [-0.15, -0.1) is 24.0 Å². The summed E-state index contributed by atoms with van der Waals surface area (Å²) in [6.07, 6.45) is -0.0663. The molecule has 1 unspecified atom stereocenters. The smallest absolute Gasteiger partial charge is 0.191 e. The van der Waals surface area contributed by atoms with Crippen LogP contribution in [0.5, 0.6) is 0 Å². The molecule has 2 rings (SSSR count). The Labute approximate surface area is 169 Å². The molecule has 0 spiro atoms. The molecular formula is C19H24F2IN3O. The van der Waals surface area contributed by atoms with Crippen molar-refractivity contribution in [3.8, 4) is 0 Å². The third-order valence-electron chi connectivity index (χ3n) is 3.58. The number of hydrogen-bond donors (Lipinski definition) is 3. The third kappa shape index (κ3) is 7.65. The van der Waals surface area contributed by atoms with E-state index in [1.54, 1.807) is 0 Å². The highest BCUT2D eigenvalue weighted by atomic mass is 127. The van der Waals surface area contributed by atoms with E-state index in [2.05, 4.69) is 15.6 Å². The molecule has 0 radical (unpaired) electrons. The predicted molar refractivity (Wildman–Crippen MR) is 111 cm³/mol. The van der Waals surface area contributed by atoms with Crippen LogP contribution in [0, 0.1) is 11.6 Å². The molecule has 0 aliphatic carbocycles. The SMILES string of the molecule is CCNC(=NCc1cc(F)ccc1F)NCC(O)Cc1ccccc1.I.